The van der Waals surface area contributed by atoms with Crippen LogP contribution >= 0.6 is 27.7 Å². The number of nitrogens with one attached hydrogen (secondary N) is 1. The first-order chi connectivity index (χ1) is 12.9. The number of rotatable bonds is 4. The van der Waals surface area contributed by atoms with E-state index in [-0.39, 0.29) is 24.4 Å². The van der Waals surface area contributed by atoms with Crippen molar-refractivity contribution in [3.05, 3.63) is 44.8 Å². The lowest BCUT2D eigenvalue weighted by Crippen LogP contribution is -2.43. The predicted molar refractivity (Wildman–Crippen MR) is 107 cm³/mol. The molecule has 2 heterocycles. The third-order valence-electron chi connectivity index (χ3n) is 4.49. The molecule has 27 heavy (non-hydrogen) atoms. The number of fused-ring (bicyclic) bond motifs is 1. The summed E-state index contributed by atoms with van der Waals surface area (Å²) in [5.74, 6) is -0.0865. The Balaban J connectivity index is 1.57. The number of nitrogens with zero attached hydrogens (tertiary/aromatic N) is 3. The smallest absolute Gasteiger partial charge is 0.292 e. The summed E-state index contributed by atoms with van der Waals surface area (Å²) < 4.78 is 2.07. The number of carbonyl (C=O) groups excluding carboxylic acids is 2. The number of benzene rings is 1. The van der Waals surface area contributed by atoms with Crippen molar-refractivity contribution in [3.8, 4) is 0 Å². The molecule has 1 aromatic carbocycles. The molecule has 140 valence electrons. The van der Waals surface area contributed by atoms with Crippen LogP contribution in [0.25, 0.3) is 0 Å². The van der Waals surface area contributed by atoms with Gasteiger partial charge in [-0.05, 0) is 43.5 Å². The highest BCUT2D eigenvalue weighted by atomic mass is 79.9. The first kappa shape index (κ1) is 18.2. The zero-order chi connectivity index (χ0) is 19.1. The number of carbonyl (C=O) groups is 2. The third-order valence-corrected chi connectivity index (χ3v) is 6.38. The van der Waals surface area contributed by atoms with E-state index in [1.54, 1.807) is 17.2 Å². The van der Waals surface area contributed by atoms with Gasteiger partial charge >= 0.3 is 0 Å². The molecule has 7 nitrogen and oxygen atoms in total. The number of halogens is 1. The van der Waals surface area contributed by atoms with E-state index in [1.165, 1.54) is 11.8 Å². The highest BCUT2D eigenvalue weighted by Gasteiger charge is 2.39. The molecule has 1 N–H and O–H groups in total. The first-order valence-corrected chi connectivity index (χ1v) is 10.3. The maximum Gasteiger partial charge on any atom is 0.292 e. The number of hydrogen-bond donors (Lipinski definition) is 1. The molecule has 0 radical (unpaired) electrons. The van der Waals surface area contributed by atoms with Crippen molar-refractivity contribution < 1.29 is 9.59 Å². The van der Waals surface area contributed by atoms with E-state index in [1.807, 2.05) is 19.1 Å². The molecule has 0 saturated heterocycles. The van der Waals surface area contributed by atoms with E-state index < -0.39 is 5.56 Å². The van der Waals surface area contributed by atoms with Crippen molar-refractivity contribution in [2.75, 3.05) is 16.0 Å². The predicted octanol–water partition coefficient (Wildman–Crippen LogP) is 2.55. The summed E-state index contributed by atoms with van der Waals surface area (Å²) in [6.45, 7) is 1.72. The third kappa shape index (κ3) is 3.66. The molecule has 0 spiro atoms. The molecule has 0 bridgehead atoms. The summed E-state index contributed by atoms with van der Waals surface area (Å²) in [4.78, 5) is 39.9. The highest BCUT2D eigenvalue weighted by molar-refractivity contribution is 9.10. The summed E-state index contributed by atoms with van der Waals surface area (Å²) >= 11 is 4.74. The van der Waals surface area contributed by atoms with Gasteiger partial charge in [-0.3, -0.25) is 14.4 Å². The second-order valence-electron chi connectivity index (χ2n) is 6.62. The van der Waals surface area contributed by atoms with Crippen LogP contribution in [-0.2, 0) is 16.1 Å². The minimum absolute atomic E-state index is 0.0559. The molecule has 0 unspecified atom stereocenters. The number of amides is 2. The van der Waals surface area contributed by atoms with Gasteiger partial charge in [-0.2, -0.15) is 5.10 Å². The lowest BCUT2D eigenvalue weighted by molar-refractivity contribution is -0.117. The minimum Gasteiger partial charge on any atom is -0.324 e. The number of aryl methyl sites for hydroxylation is 1. The van der Waals surface area contributed by atoms with Crippen LogP contribution < -0.4 is 15.8 Å². The van der Waals surface area contributed by atoms with Gasteiger partial charge in [-0.15, -0.1) is 11.8 Å². The van der Waals surface area contributed by atoms with Crippen molar-refractivity contribution >= 4 is 50.9 Å². The van der Waals surface area contributed by atoms with Gasteiger partial charge in [0.1, 0.15) is 12.2 Å². The van der Waals surface area contributed by atoms with Crippen LogP contribution in [0.3, 0.4) is 0 Å². The number of aromatic nitrogens is 2. The molecular weight excluding hydrogens is 432 g/mol. The lowest BCUT2D eigenvalue weighted by Gasteiger charge is -2.28. The van der Waals surface area contributed by atoms with Gasteiger partial charge in [0.05, 0.1) is 16.8 Å². The summed E-state index contributed by atoms with van der Waals surface area (Å²) in [6.07, 6.45) is 3.38. The summed E-state index contributed by atoms with van der Waals surface area (Å²) in [6, 6.07) is 5.57. The molecule has 1 aliphatic heterocycles. The molecule has 1 saturated carbocycles. The van der Waals surface area contributed by atoms with Crippen molar-refractivity contribution in [2.45, 2.75) is 37.2 Å². The fourth-order valence-electron chi connectivity index (χ4n) is 3.02. The number of thioether (sulfide) groups is 1. The monoisotopic (exact) mass is 448 g/mol. The average Bonchev–Trinajstić information content (AvgIpc) is 3.46. The molecule has 2 amide bonds. The quantitative estimate of drug-likeness (QED) is 0.776. The van der Waals surface area contributed by atoms with E-state index in [0.29, 0.717) is 22.0 Å². The Morgan fingerprint density at radius 2 is 2.15 bits per heavy atom. The van der Waals surface area contributed by atoms with E-state index >= 15 is 0 Å². The maximum absolute atomic E-state index is 12.9. The van der Waals surface area contributed by atoms with Gasteiger partial charge in [-0.25, -0.2) is 4.68 Å². The molecule has 1 aromatic heterocycles. The maximum atomic E-state index is 12.9. The Kier molecular flexibility index (Phi) is 4.81. The summed E-state index contributed by atoms with van der Waals surface area (Å²) in [7, 11) is 0. The zero-order valence-electron chi connectivity index (χ0n) is 14.6. The van der Waals surface area contributed by atoms with Crippen molar-refractivity contribution in [3.63, 3.8) is 0 Å². The van der Waals surface area contributed by atoms with Crippen molar-refractivity contribution in [1.29, 1.82) is 0 Å². The molecule has 0 atom stereocenters. The molecule has 2 aliphatic rings. The van der Waals surface area contributed by atoms with Gasteiger partial charge < -0.3 is 10.2 Å². The molecule has 2 aromatic rings. The average molecular weight is 449 g/mol. The second kappa shape index (κ2) is 7.12. The van der Waals surface area contributed by atoms with E-state index in [9.17, 15) is 14.4 Å². The van der Waals surface area contributed by atoms with E-state index in [2.05, 4.69) is 26.3 Å². The zero-order valence-corrected chi connectivity index (χ0v) is 17.0. The van der Waals surface area contributed by atoms with Gasteiger partial charge in [0.15, 0.2) is 0 Å². The van der Waals surface area contributed by atoms with Crippen LogP contribution in [0, 0.1) is 6.92 Å². The Hall–Kier alpha value is -2.13. The lowest BCUT2D eigenvalue weighted by atomic mass is 10.2. The van der Waals surface area contributed by atoms with Crippen LogP contribution in [0.2, 0.25) is 0 Å². The fourth-order valence-corrected chi connectivity index (χ4v) is 4.12. The van der Waals surface area contributed by atoms with Gasteiger partial charge in [0.2, 0.25) is 11.8 Å². The van der Waals surface area contributed by atoms with Gasteiger partial charge in [-0.1, -0.05) is 15.9 Å². The second-order valence-corrected chi connectivity index (χ2v) is 8.49. The Morgan fingerprint density at radius 3 is 2.85 bits per heavy atom. The summed E-state index contributed by atoms with van der Waals surface area (Å²) in [5, 5.41) is 6.90. The first-order valence-electron chi connectivity index (χ1n) is 8.55. The van der Waals surface area contributed by atoms with E-state index in [0.717, 1.165) is 27.6 Å². The van der Waals surface area contributed by atoms with Crippen LogP contribution in [0.15, 0.2) is 38.6 Å². The number of hydrogen-bond acceptors (Lipinski definition) is 5. The molecular formula is C18H17BrN4O3S. The molecule has 1 aliphatic carbocycles. The Labute approximate surface area is 168 Å². The Morgan fingerprint density at radius 1 is 1.37 bits per heavy atom. The van der Waals surface area contributed by atoms with E-state index in [4.69, 9.17) is 0 Å². The normalized spacial score (nSPS) is 16.2. The topological polar surface area (TPSA) is 84.3 Å². The van der Waals surface area contributed by atoms with Gasteiger partial charge in [0.25, 0.3) is 5.56 Å². The minimum atomic E-state index is -0.401. The SMILES string of the molecule is Cc1cc(NC(=O)Cn2ncc3c(c2=O)N(C2CC2)C(=O)CS3)ccc1Br. The molecule has 4 rings (SSSR count). The van der Waals surface area contributed by atoms with Crippen LogP contribution in [0.4, 0.5) is 11.4 Å². The van der Waals surface area contributed by atoms with Crippen molar-refractivity contribution in [1.82, 2.24) is 9.78 Å². The molecule has 1 fully saturated rings. The van der Waals surface area contributed by atoms with Crippen molar-refractivity contribution in [2.24, 2.45) is 0 Å². The van der Waals surface area contributed by atoms with Crippen LogP contribution in [0.5, 0.6) is 0 Å². The fraction of sp³-hybridized carbons (Fsp3) is 0.333. The Bertz CT molecular complexity index is 1000. The number of anilines is 2. The van der Waals surface area contributed by atoms with Crippen LogP contribution in [-0.4, -0.2) is 33.4 Å². The highest BCUT2D eigenvalue weighted by Crippen LogP contribution is 2.38. The van der Waals surface area contributed by atoms with Gasteiger partial charge in [0, 0.05) is 16.2 Å². The van der Waals surface area contributed by atoms with Crippen LogP contribution in [0.1, 0.15) is 18.4 Å². The summed E-state index contributed by atoms with van der Waals surface area (Å²) in [5.41, 5.74) is 1.60. The largest absolute Gasteiger partial charge is 0.324 e. The standard InChI is InChI=1S/C18H17BrN4O3S/c1-10-6-11(2-5-13(10)19)21-15(24)8-22-18(26)17-14(7-20-22)27-9-16(25)23(17)12-3-4-12/h2,5-7,12H,3-4,8-9H2,1H3,(H,21,24). The molecule has 9 heteroatoms.